The molecule has 0 amide bonds. The smallest absolute Gasteiger partial charge is 0.0431 e. The summed E-state index contributed by atoms with van der Waals surface area (Å²) < 4.78 is 0. The van der Waals surface area contributed by atoms with Crippen LogP contribution >= 0.6 is 0 Å². The fraction of sp³-hybridized carbons (Fsp3) is 1.00. The molecule has 1 N–H and O–H groups in total. The van der Waals surface area contributed by atoms with E-state index < -0.39 is 0 Å². The summed E-state index contributed by atoms with van der Waals surface area (Å²) in [6.07, 6.45) is 6.27. The fourth-order valence-electron chi connectivity index (χ4n) is 3.16. The first kappa shape index (κ1) is 14.0. The van der Waals surface area contributed by atoms with Gasteiger partial charge >= 0.3 is 0 Å². The summed E-state index contributed by atoms with van der Waals surface area (Å²) in [6.45, 7) is 12.3. The number of aliphatic hydroxyl groups is 1. The van der Waals surface area contributed by atoms with Crippen LogP contribution in [0.1, 0.15) is 66.7 Å². The van der Waals surface area contributed by atoms with Crippen molar-refractivity contribution in [3.8, 4) is 0 Å². The molecular weight excluding hydrogens is 196 g/mol. The average molecular weight is 226 g/mol. The van der Waals surface area contributed by atoms with Gasteiger partial charge in [0.15, 0.2) is 0 Å². The van der Waals surface area contributed by atoms with Crippen LogP contribution in [-0.4, -0.2) is 11.7 Å². The third-order valence-corrected chi connectivity index (χ3v) is 4.75. The van der Waals surface area contributed by atoms with Crippen molar-refractivity contribution in [2.24, 2.45) is 22.7 Å². The molecule has 1 saturated carbocycles. The van der Waals surface area contributed by atoms with Crippen LogP contribution in [0.3, 0.4) is 0 Å². The van der Waals surface area contributed by atoms with Crippen LogP contribution in [-0.2, 0) is 0 Å². The molecule has 1 heteroatoms. The molecule has 0 aromatic heterocycles. The number of rotatable bonds is 3. The van der Waals surface area contributed by atoms with Gasteiger partial charge in [-0.3, -0.25) is 0 Å². The molecule has 0 saturated heterocycles. The lowest BCUT2D eigenvalue weighted by Crippen LogP contribution is -2.36. The van der Waals surface area contributed by atoms with Crippen molar-refractivity contribution in [3.05, 3.63) is 0 Å². The minimum atomic E-state index is 0.354. The van der Waals surface area contributed by atoms with Crippen molar-refractivity contribution in [1.82, 2.24) is 0 Å². The second kappa shape index (κ2) is 5.08. The molecule has 1 nitrogen and oxygen atoms in total. The molecule has 0 aromatic rings. The van der Waals surface area contributed by atoms with E-state index >= 15 is 0 Å². The lowest BCUT2D eigenvalue weighted by Gasteiger charge is -2.46. The molecule has 1 rings (SSSR count). The van der Waals surface area contributed by atoms with E-state index in [0.717, 1.165) is 18.3 Å². The van der Waals surface area contributed by atoms with Crippen molar-refractivity contribution in [2.75, 3.05) is 6.61 Å². The zero-order valence-corrected chi connectivity index (χ0v) is 11.8. The fourth-order valence-corrected chi connectivity index (χ4v) is 3.16. The summed E-state index contributed by atoms with van der Waals surface area (Å²) in [5, 5.41) is 8.99. The Balaban J connectivity index is 2.62. The Labute approximate surface area is 102 Å². The second-order valence-electron chi connectivity index (χ2n) is 7.39. The van der Waals surface area contributed by atoms with Crippen molar-refractivity contribution in [1.29, 1.82) is 0 Å². The lowest BCUT2D eigenvalue weighted by atomic mass is 9.59. The maximum atomic E-state index is 8.99. The molecule has 96 valence electrons. The van der Waals surface area contributed by atoms with Crippen molar-refractivity contribution >= 4 is 0 Å². The molecule has 0 spiro atoms. The van der Waals surface area contributed by atoms with E-state index in [-0.39, 0.29) is 0 Å². The van der Waals surface area contributed by atoms with Gasteiger partial charge in [0.05, 0.1) is 0 Å². The molecule has 0 bridgehead atoms. The van der Waals surface area contributed by atoms with Gasteiger partial charge in [-0.25, -0.2) is 0 Å². The Morgan fingerprint density at radius 1 is 1.25 bits per heavy atom. The summed E-state index contributed by atoms with van der Waals surface area (Å²) in [4.78, 5) is 0. The normalized spacial score (nSPS) is 30.4. The van der Waals surface area contributed by atoms with Crippen LogP contribution in [0, 0.1) is 22.7 Å². The van der Waals surface area contributed by atoms with E-state index in [1.54, 1.807) is 0 Å². The predicted molar refractivity (Wildman–Crippen MR) is 70.4 cm³/mol. The molecule has 1 aliphatic carbocycles. The van der Waals surface area contributed by atoms with Crippen molar-refractivity contribution in [2.45, 2.75) is 66.7 Å². The van der Waals surface area contributed by atoms with E-state index in [9.17, 15) is 0 Å². The van der Waals surface area contributed by atoms with E-state index in [4.69, 9.17) is 5.11 Å². The summed E-state index contributed by atoms with van der Waals surface area (Å²) in [6, 6.07) is 0. The highest BCUT2D eigenvalue weighted by Gasteiger charge is 2.39. The quantitative estimate of drug-likeness (QED) is 0.763. The van der Waals surface area contributed by atoms with Gasteiger partial charge in [-0.2, -0.15) is 0 Å². The molecule has 16 heavy (non-hydrogen) atoms. The molecule has 0 heterocycles. The summed E-state index contributed by atoms with van der Waals surface area (Å²) in [5.74, 6) is 1.67. The minimum Gasteiger partial charge on any atom is -0.396 e. The monoisotopic (exact) mass is 226 g/mol. The molecular formula is C15H30O. The molecule has 1 aliphatic rings. The van der Waals surface area contributed by atoms with Crippen LogP contribution in [0.5, 0.6) is 0 Å². The highest BCUT2D eigenvalue weighted by atomic mass is 16.2. The molecule has 0 unspecified atom stereocenters. The van der Waals surface area contributed by atoms with Crippen molar-refractivity contribution in [3.63, 3.8) is 0 Å². The van der Waals surface area contributed by atoms with Crippen molar-refractivity contribution < 1.29 is 5.11 Å². The van der Waals surface area contributed by atoms with Gasteiger partial charge in [0.25, 0.3) is 0 Å². The molecule has 0 radical (unpaired) electrons. The highest BCUT2D eigenvalue weighted by molar-refractivity contribution is 4.89. The van der Waals surface area contributed by atoms with Crippen LogP contribution in [0.25, 0.3) is 0 Å². The Kier molecular flexibility index (Phi) is 4.45. The van der Waals surface area contributed by atoms with Gasteiger partial charge in [-0.15, -0.1) is 0 Å². The lowest BCUT2D eigenvalue weighted by molar-refractivity contribution is 0.0395. The van der Waals surface area contributed by atoms with Crippen LogP contribution in [0.2, 0.25) is 0 Å². The number of hydrogen-bond donors (Lipinski definition) is 1. The maximum Gasteiger partial charge on any atom is 0.0431 e. The maximum absolute atomic E-state index is 8.99. The summed E-state index contributed by atoms with van der Waals surface area (Å²) in [5.41, 5.74) is 0.935. The highest BCUT2D eigenvalue weighted by Crippen LogP contribution is 2.49. The SMILES string of the molecule is CC(C)(C)[C@@H]1CCC(C)(C)[C@H](CCCO)C1. The van der Waals surface area contributed by atoms with Gasteiger partial charge in [0, 0.05) is 6.61 Å². The third-order valence-electron chi connectivity index (χ3n) is 4.75. The Morgan fingerprint density at radius 3 is 2.38 bits per heavy atom. The van der Waals surface area contributed by atoms with Crippen LogP contribution in [0.4, 0.5) is 0 Å². The zero-order chi connectivity index (χ0) is 12.4. The average Bonchev–Trinajstić information content (AvgIpc) is 2.13. The largest absolute Gasteiger partial charge is 0.396 e. The third kappa shape index (κ3) is 3.48. The summed E-state index contributed by atoms with van der Waals surface area (Å²) >= 11 is 0. The number of hydrogen-bond acceptors (Lipinski definition) is 1. The van der Waals surface area contributed by atoms with Gasteiger partial charge in [-0.05, 0) is 54.8 Å². The van der Waals surface area contributed by atoms with Gasteiger partial charge in [0.1, 0.15) is 0 Å². The van der Waals surface area contributed by atoms with E-state index in [1.807, 2.05) is 0 Å². The van der Waals surface area contributed by atoms with E-state index in [1.165, 1.54) is 25.7 Å². The van der Waals surface area contributed by atoms with E-state index in [2.05, 4.69) is 34.6 Å². The zero-order valence-electron chi connectivity index (χ0n) is 11.8. The van der Waals surface area contributed by atoms with Gasteiger partial charge < -0.3 is 5.11 Å². The topological polar surface area (TPSA) is 20.2 Å². The Bertz CT molecular complexity index is 212. The Morgan fingerprint density at radius 2 is 1.88 bits per heavy atom. The first-order valence-electron chi connectivity index (χ1n) is 6.88. The molecule has 0 aliphatic heterocycles. The van der Waals surface area contributed by atoms with Gasteiger partial charge in [-0.1, -0.05) is 34.6 Å². The minimum absolute atomic E-state index is 0.354. The summed E-state index contributed by atoms with van der Waals surface area (Å²) in [7, 11) is 0. The molecule has 2 atom stereocenters. The van der Waals surface area contributed by atoms with E-state index in [0.29, 0.717) is 17.4 Å². The Hall–Kier alpha value is -0.0400. The number of aliphatic hydroxyl groups excluding tert-OH is 1. The first-order valence-corrected chi connectivity index (χ1v) is 6.88. The first-order chi connectivity index (χ1) is 7.27. The van der Waals surface area contributed by atoms with Crippen LogP contribution < -0.4 is 0 Å². The molecule has 0 aromatic carbocycles. The molecule has 1 fully saturated rings. The predicted octanol–water partition coefficient (Wildman–Crippen LogP) is 4.25. The van der Waals surface area contributed by atoms with Gasteiger partial charge in [0.2, 0.25) is 0 Å². The van der Waals surface area contributed by atoms with Crippen LogP contribution in [0.15, 0.2) is 0 Å². The second-order valence-corrected chi connectivity index (χ2v) is 7.39. The standard InChI is InChI=1S/C15H30O/c1-14(2,3)12-8-9-15(4,5)13(11-12)7-6-10-16/h12-13,16H,6-11H2,1-5H3/t12-,13-/m1/s1.